The van der Waals surface area contributed by atoms with Crippen LogP contribution in [0.25, 0.3) is 0 Å². The minimum Gasteiger partial charge on any atom is -0.493 e. The van der Waals surface area contributed by atoms with Crippen molar-refractivity contribution in [2.75, 3.05) is 19.7 Å². The molecule has 0 unspecified atom stereocenters. The number of rotatable bonds is 4. The molecule has 1 N–H and O–H groups in total. The van der Waals surface area contributed by atoms with E-state index < -0.39 is 0 Å². The second-order valence-corrected chi connectivity index (χ2v) is 5.97. The maximum atomic E-state index is 12.4. The molecule has 116 valence electrons. The molecule has 4 heteroatoms. The lowest BCUT2D eigenvalue weighted by Gasteiger charge is -2.32. The Morgan fingerprint density at radius 3 is 2.86 bits per heavy atom. The van der Waals surface area contributed by atoms with Crippen LogP contribution < -0.4 is 4.74 Å². The molecule has 1 atom stereocenters. The summed E-state index contributed by atoms with van der Waals surface area (Å²) < 4.78 is 5.87. The third-order valence-electron chi connectivity index (χ3n) is 4.14. The Morgan fingerprint density at radius 2 is 2.14 bits per heavy atom. The maximum Gasteiger partial charge on any atom is 0.270 e. The van der Waals surface area contributed by atoms with Gasteiger partial charge >= 0.3 is 0 Å². The van der Waals surface area contributed by atoms with Crippen molar-refractivity contribution < 1.29 is 9.53 Å². The van der Waals surface area contributed by atoms with Crippen LogP contribution in [0.4, 0.5) is 0 Å². The van der Waals surface area contributed by atoms with Crippen molar-refractivity contribution in [1.82, 2.24) is 9.88 Å². The highest BCUT2D eigenvalue weighted by Crippen LogP contribution is 2.20. The first kappa shape index (κ1) is 14.7. The minimum atomic E-state index is 0.0880. The molecule has 0 radical (unpaired) electrons. The highest BCUT2D eigenvalue weighted by atomic mass is 16.5. The van der Waals surface area contributed by atoms with Crippen LogP contribution in [0, 0.1) is 12.8 Å². The Bertz CT molecular complexity index is 605. The highest BCUT2D eigenvalue weighted by Gasteiger charge is 2.25. The Balaban J connectivity index is 1.54. The van der Waals surface area contributed by atoms with Crippen molar-refractivity contribution in [3.63, 3.8) is 0 Å². The Hall–Kier alpha value is -2.23. The zero-order valence-electron chi connectivity index (χ0n) is 12.9. The fourth-order valence-corrected chi connectivity index (χ4v) is 2.87. The number of carbonyl (C=O) groups excluding carboxylic acids is 1. The summed E-state index contributed by atoms with van der Waals surface area (Å²) in [6, 6.07) is 11.8. The topological polar surface area (TPSA) is 45.3 Å². The van der Waals surface area contributed by atoms with Gasteiger partial charge in [-0.25, -0.2) is 0 Å². The number of H-pyrrole nitrogens is 1. The number of carbonyl (C=O) groups is 1. The fourth-order valence-electron chi connectivity index (χ4n) is 2.87. The van der Waals surface area contributed by atoms with E-state index in [-0.39, 0.29) is 5.91 Å². The van der Waals surface area contributed by atoms with Gasteiger partial charge < -0.3 is 14.6 Å². The monoisotopic (exact) mass is 298 g/mol. The number of piperidine rings is 1. The van der Waals surface area contributed by atoms with Crippen LogP contribution in [-0.4, -0.2) is 35.5 Å². The van der Waals surface area contributed by atoms with Crippen LogP contribution in [0.5, 0.6) is 5.75 Å². The van der Waals surface area contributed by atoms with Gasteiger partial charge in [0.2, 0.25) is 0 Å². The number of hydrogen-bond donors (Lipinski definition) is 1. The molecule has 0 bridgehead atoms. The van der Waals surface area contributed by atoms with Gasteiger partial charge in [0, 0.05) is 25.2 Å². The summed E-state index contributed by atoms with van der Waals surface area (Å²) in [4.78, 5) is 17.3. The van der Waals surface area contributed by atoms with E-state index in [1.807, 2.05) is 29.2 Å². The molecular weight excluding hydrogens is 276 g/mol. The van der Waals surface area contributed by atoms with Crippen LogP contribution in [-0.2, 0) is 0 Å². The highest BCUT2D eigenvalue weighted by molar-refractivity contribution is 5.92. The summed E-state index contributed by atoms with van der Waals surface area (Å²) in [5.74, 6) is 1.39. The quantitative estimate of drug-likeness (QED) is 0.941. The van der Waals surface area contributed by atoms with Crippen LogP contribution in [0.15, 0.2) is 42.6 Å². The van der Waals surface area contributed by atoms with Crippen molar-refractivity contribution in [1.29, 1.82) is 0 Å². The molecule has 2 aromatic rings. The lowest BCUT2D eigenvalue weighted by molar-refractivity contribution is 0.0628. The van der Waals surface area contributed by atoms with E-state index in [2.05, 4.69) is 24.0 Å². The number of amides is 1. The molecule has 1 aromatic carbocycles. The van der Waals surface area contributed by atoms with Crippen molar-refractivity contribution in [2.45, 2.75) is 19.8 Å². The molecule has 22 heavy (non-hydrogen) atoms. The molecule has 0 spiro atoms. The third-order valence-corrected chi connectivity index (χ3v) is 4.14. The van der Waals surface area contributed by atoms with E-state index >= 15 is 0 Å². The number of benzene rings is 1. The van der Waals surface area contributed by atoms with Gasteiger partial charge in [-0.3, -0.25) is 4.79 Å². The molecule has 1 aliphatic heterocycles. The maximum absolute atomic E-state index is 12.4. The SMILES string of the molecule is Cc1ccc(OC[C@@H]2CCCN(C(=O)c3ccc[nH]3)C2)cc1. The van der Waals surface area contributed by atoms with E-state index in [9.17, 15) is 4.79 Å². The molecule has 3 rings (SSSR count). The average molecular weight is 298 g/mol. The van der Waals surface area contributed by atoms with Gasteiger partial charge in [0.1, 0.15) is 11.4 Å². The predicted octanol–water partition coefficient (Wildman–Crippen LogP) is 3.25. The number of nitrogens with one attached hydrogen (secondary N) is 1. The molecule has 1 aromatic heterocycles. The normalized spacial score (nSPS) is 18.2. The predicted molar refractivity (Wildman–Crippen MR) is 86.1 cm³/mol. The number of likely N-dealkylation sites (tertiary alicyclic amines) is 1. The van der Waals surface area contributed by atoms with E-state index in [1.54, 1.807) is 6.20 Å². The summed E-state index contributed by atoms with van der Waals surface area (Å²) in [6.07, 6.45) is 3.93. The molecule has 4 nitrogen and oxygen atoms in total. The van der Waals surface area contributed by atoms with Crippen LogP contribution in [0.3, 0.4) is 0 Å². The number of aromatic nitrogens is 1. The zero-order chi connectivity index (χ0) is 15.4. The first-order chi connectivity index (χ1) is 10.7. The molecule has 1 saturated heterocycles. The van der Waals surface area contributed by atoms with Crippen molar-refractivity contribution in [3.05, 3.63) is 53.9 Å². The van der Waals surface area contributed by atoms with Gasteiger partial charge in [-0.05, 0) is 44.0 Å². The summed E-state index contributed by atoms with van der Waals surface area (Å²) >= 11 is 0. The van der Waals surface area contributed by atoms with Gasteiger partial charge in [0.25, 0.3) is 5.91 Å². The van der Waals surface area contributed by atoms with Gasteiger partial charge in [-0.15, -0.1) is 0 Å². The minimum absolute atomic E-state index is 0.0880. The van der Waals surface area contributed by atoms with E-state index in [0.717, 1.165) is 31.7 Å². The number of nitrogens with zero attached hydrogens (tertiary/aromatic N) is 1. The second-order valence-electron chi connectivity index (χ2n) is 5.97. The van der Waals surface area contributed by atoms with E-state index in [4.69, 9.17) is 4.74 Å². The smallest absolute Gasteiger partial charge is 0.270 e. The standard InChI is InChI=1S/C18H22N2O2/c1-14-6-8-16(9-7-14)22-13-15-4-3-11-20(12-15)18(21)17-5-2-10-19-17/h2,5-10,15,19H,3-4,11-13H2,1H3/t15-/m1/s1. The largest absolute Gasteiger partial charge is 0.493 e. The Morgan fingerprint density at radius 1 is 1.32 bits per heavy atom. The van der Waals surface area contributed by atoms with Gasteiger partial charge in [0.05, 0.1) is 6.61 Å². The molecule has 0 aliphatic carbocycles. The number of ether oxygens (including phenoxy) is 1. The van der Waals surface area contributed by atoms with Crippen molar-refractivity contribution in [3.8, 4) is 5.75 Å². The summed E-state index contributed by atoms with van der Waals surface area (Å²) in [7, 11) is 0. The lowest BCUT2D eigenvalue weighted by Crippen LogP contribution is -2.41. The number of aryl methyl sites for hydroxylation is 1. The van der Waals surface area contributed by atoms with Crippen LogP contribution in [0.2, 0.25) is 0 Å². The number of hydrogen-bond acceptors (Lipinski definition) is 2. The van der Waals surface area contributed by atoms with Crippen molar-refractivity contribution >= 4 is 5.91 Å². The summed E-state index contributed by atoms with van der Waals surface area (Å²) in [5, 5.41) is 0. The second kappa shape index (κ2) is 6.69. The zero-order valence-corrected chi connectivity index (χ0v) is 12.9. The molecule has 1 fully saturated rings. The number of aromatic amines is 1. The Kier molecular flexibility index (Phi) is 4.47. The Labute approximate surface area is 131 Å². The molecule has 1 amide bonds. The van der Waals surface area contributed by atoms with Crippen LogP contribution in [0.1, 0.15) is 28.9 Å². The first-order valence-corrected chi connectivity index (χ1v) is 7.84. The summed E-state index contributed by atoms with van der Waals surface area (Å²) in [6.45, 7) is 4.33. The van der Waals surface area contributed by atoms with E-state index in [0.29, 0.717) is 18.2 Å². The van der Waals surface area contributed by atoms with Gasteiger partial charge in [-0.1, -0.05) is 17.7 Å². The van der Waals surface area contributed by atoms with Crippen LogP contribution >= 0.6 is 0 Å². The van der Waals surface area contributed by atoms with E-state index in [1.165, 1.54) is 5.56 Å². The third kappa shape index (κ3) is 3.50. The molecular formula is C18H22N2O2. The molecule has 0 saturated carbocycles. The van der Waals surface area contributed by atoms with Crippen molar-refractivity contribution in [2.24, 2.45) is 5.92 Å². The lowest BCUT2D eigenvalue weighted by atomic mass is 9.98. The van der Waals surface area contributed by atoms with Gasteiger partial charge in [-0.2, -0.15) is 0 Å². The molecule has 2 heterocycles. The van der Waals surface area contributed by atoms with Gasteiger partial charge in [0.15, 0.2) is 0 Å². The average Bonchev–Trinajstić information content (AvgIpc) is 3.08. The first-order valence-electron chi connectivity index (χ1n) is 7.84. The molecule has 1 aliphatic rings. The fraction of sp³-hybridized carbons (Fsp3) is 0.389. The summed E-state index contributed by atoms with van der Waals surface area (Å²) in [5.41, 5.74) is 1.90.